The Bertz CT molecular complexity index is 1600. The Hall–Kier alpha value is -4.33. The molecule has 0 fully saturated rings. The van der Waals surface area contributed by atoms with E-state index in [0.29, 0.717) is 47.5 Å². The molecular weight excluding hydrogens is 462 g/mol. The summed E-state index contributed by atoms with van der Waals surface area (Å²) in [6.07, 6.45) is 4.35. The van der Waals surface area contributed by atoms with Gasteiger partial charge in [-0.05, 0) is 36.8 Å². The number of aromatic nitrogens is 2. The van der Waals surface area contributed by atoms with E-state index < -0.39 is 11.8 Å². The Morgan fingerprint density at radius 2 is 1.86 bits per heavy atom. The van der Waals surface area contributed by atoms with Crippen LogP contribution in [0.3, 0.4) is 0 Å². The monoisotopic (exact) mass is 483 g/mol. The average Bonchev–Trinajstić information content (AvgIpc) is 3.49. The molecular formula is C26H21N5O3S. The summed E-state index contributed by atoms with van der Waals surface area (Å²) in [5, 5.41) is 9.31. The third-order valence-electron chi connectivity index (χ3n) is 6.00. The second-order valence-corrected chi connectivity index (χ2v) is 8.44. The molecule has 0 aliphatic carbocycles. The van der Waals surface area contributed by atoms with Crippen LogP contribution >= 0.6 is 12.2 Å². The Balaban J connectivity index is 1.71. The van der Waals surface area contributed by atoms with E-state index in [9.17, 15) is 14.4 Å². The van der Waals surface area contributed by atoms with Crippen LogP contribution in [0.25, 0.3) is 33.0 Å². The van der Waals surface area contributed by atoms with E-state index in [1.807, 2.05) is 47.2 Å². The molecule has 4 aromatic rings. The van der Waals surface area contributed by atoms with E-state index in [4.69, 9.17) is 0 Å². The fraction of sp³-hybridized carbons (Fsp3) is 0.154. The second-order valence-electron chi connectivity index (χ2n) is 8.26. The lowest BCUT2D eigenvalue weighted by molar-refractivity contribution is -0.123. The van der Waals surface area contributed by atoms with Gasteiger partial charge in [0, 0.05) is 59.0 Å². The number of carbonyl (C=O) groups is 3. The SMILES string of the molecule is CC(=O)Nc1ccc2c(C3=C(c4c[nH]c5ccccc45)C(=O)NC3=O)cn(CCCN=C=S)c2c1. The van der Waals surface area contributed by atoms with Crippen LogP contribution < -0.4 is 10.6 Å². The van der Waals surface area contributed by atoms with Crippen LogP contribution in [-0.4, -0.2) is 39.0 Å². The predicted molar refractivity (Wildman–Crippen MR) is 139 cm³/mol. The number of fused-ring (bicyclic) bond motifs is 2. The normalized spacial score (nSPS) is 13.4. The van der Waals surface area contributed by atoms with Gasteiger partial charge in [0.05, 0.1) is 28.4 Å². The van der Waals surface area contributed by atoms with Gasteiger partial charge in [0.15, 0.2) is 0 Å². The van der Waals surface area contributed by atoms with Crippen LogP contribution in [0.1, 0.15) is 24.5 Å². The summed E-state index contributed by atoms with van der Waals surface area (Å²) in [5.74, 6) is -1.05. The first-order chi connectivity index (χ1) is 17.0. The number of nitrogens with one attached hydrogen (secondary N) is 3. The van der Waals surface area contributed by atoms with Crippen molar-refractivity contribution in [3.05, 3.63) is 66.0 Å². The van der Waals surface area contributed by atoms with E-state index >= 15 is 0 Å². The molecule has 0 spiro atoms. The molecule has 3 N–H and O–H groups in total. The lowest BCUT2D eigenvalue weighted by Crippen LogP contribution is -2.22. The first-order valence-electron chi connectivity index (χ1n) is 11.1. The third-order valence-corrected chi connectivity index (χ3v) is 6.12. The molecule has 1 aliphatic rings. The van der Waals surface area contributed by atoms with Crippen LogP contribution in [0.5, 0.6) is 0 Å². The van der Waals surface area contributed by atoms with Crippen molar-refractivity contribution in [2.45, 2.75) is 19.9 Å². The molecule has 1 aliphatic heterocycles. The van der Waals surface area contributed by atoms with Gasteiger partial charge in [0.25, 0.3) is 11.8 Å². The van der Waals surface area contributed by atoms with Crippen molar-refractivity contribution in [3.8, 4) is 0 Å². The van der Waals surface area contributed by atoms with Gasteiger partial charge in [-0.25, -0.2) is 4.99 Å². The number of benzene rings is 2. The number of anilines is 1. The number of imide groups is 1. The number of thiocarbonyl (C=S) groups is 1. The van der Waals surface area contributed by atoms with Gasteiger partial charge in [-0.1, -0.05) is 24.3 Å². The van der Waals surface area contributed by atoms with Crippen LogP contribution in [0.4, 0.5) is 5.69 Å². The fourth-order valence-electron chi connectivity index (χ4n) is 4.57. The lowest BCUT2D eigenvalue weighted by atomic mass is 9.95. The number of rotatable bonds is 7. The summed E-state index contributed by atoms with van der Waals surface area (Å²) in [6.45, 7) is 2.57. The van der Waals surface area contributed by atoms with Gasteiger partial charge >= 0.3 is 0 Å². The highest BCUT2D eigenvalue weighted by Crippen LogP contribution is 2.38. The number of aliphatic imine (C=N–C) groups is 1. The van der Waals surface area contributed by atoms with Crippen LogP contribution in [0.15, 0.2) is 59.9 Å². The highest BCUT2D eigenvalue weighted by Gasteiger charge is 2.35. The molecule has 3 heterocycles. The molecule has 2 aromatic heterocycles. The molecule has 0 atom stereocenters. The maximum Gasteiger partial charge on any atom is 0.259 e. The number of para-hydroxylation sites is 1. The zero-order valence-electron chi connectivity index (χ0n) is 18.8. The van der Waals surface area contributed by atoms with E-state index in [-0.39, 0.29) is 5.91 Å². The number of carbonyl (C=O) groups excluding carboxylic acids is 3. The van der Waals surface area contributed by atoms with E-state index in [0.717, 1.165) is 21.8 Å². The van der Waals surface area contributed by atoms with Crippen molar-refractivity contribution in [3.63, 3.8) is 0 Å². The average molecular weight is 484 g/mol. The van der Waals surface area contributed by atoms with E-state index in [1.54, 1.807) is 12.3 Å². The highest BCUT2D eigenvalue weighted by molar-refractivity contribution is 7.78. The van der Waals surface area contributed by atoms with Gasteiger partial charge in [-0.3, -0.25) is 19.7 Å². The minimum absolute atomic E-state index is 0.178. The van der Waals surface area contributed by atoms with Crippen LogP contribution in [0, 0.1) is 0 Å². The molecule has 0 bridgehead atoms. The molecule has 35 heavy (non-hydrogen) atoms. The van der Waals surface area contributed by atoms with Crippen molar-refractivity contribution in [2.24, 2.45) is 4.99 Å². The van der Waals surface area contributed by atoms with Gasteiger partial charge in [0.2, 0.25) is 5.91 Å². The topological polar surface area (TPSA) is 108 Å². The molecule has 2 aromatic carbocycles. The van der Waals surface area contributed by atoms with Gasteiger partial charge in [-0.2, -0.15) is 0 Å². The zero-order valence-corrected chi connectivity index (χ0v) is 19.7. The number of H-pyrrole nitrogens is 1. The number of hydrogen-bond acceptors (Lipinski definition) is 5. The van der Waals surface area contributed by atoms with Crippen molar-refractivity contribution < 1.29 is 14.4 Å². The quantitative estimate of drug-likeness (QED) is 0.159. The smallest absolute Gasteiger partial charge is 0.259 e. The summed E-state index contributed by atoms with van der Waals surface area (Å²) in [4.78, 5) is 44.8. The maximum absolute atomic E-state index is 13.1. The molecule has 5 rings (SSSR count). The number of aromatic amines is 1. The summed E-state index contributed by atoms with van der Waals surface area (Å²) in [5.41, 5.74) is 4.33. The summed E-state index contributed by atoms with van der Waals surface area (Å²) in [7, 11) is 0. The van der Waals surface area contributed by atoms with Gasteiger partial charge in [-0.15, -0.1) is 0 Å². The third kappa shape index (κ3) is 4.07. The van der Waals surface area contributed by atoms with Gasteiger partial charge in [0.1, 0.15) is 0 Å². The Morgan fingerprint density at radius 3 is 2.63 bits per heavy atom. The Labute approximate surface area is 205 Å². The Morgan fingerprint density at radius 1 is 1.09 bits per heavy atom. The van der Waals surface area contributed by atoms with E-state index in [2.05, 4.69) is 38.0 Å². The molecule has 0 unspecified atom stereocenters. The van der Waals surface area contributed by atoms with Gasteiger partial charge < -0.3 is 14.9 Å². The standard InChI is InChI=1S/C26H21N5O3S/c1-15(32)29-16-7-8-18-20(13-31(22(18)11-16)10-4-9-27-14-35)24-23(25(33)30-26(24)34)19-12-28-21-6-3-2-5-17(19)21/h2-3,5-8,11-13,28H,4,9-10H2,1H3,(H,29,32)(H,30,33,34). The summed E-state index contributed by atoms with van der Waals surface area (Å²) < 4.78 is 2.00. The van der Waals surface area contributed by atoms with Crippen molar-refractivity contribution in [1.29, 1.82) is 0 Å². The number of amides is 3. The largest absolute Gasteiger partial charge is 0.361 e. The fourth-order valence-corrected chi connectivity index (χ4v) is 4.66. The first kappa shape index (κ1) is 22.5. The summed E-state index contributed by atoms with van der Waals surface area (Å²) in [6, 6.07) is 13.2. The number of nitrogens with zero attached hydrogens (tertiary/aromatic N) is 2. The van der Waals surface area contributed by atoms with Crippen molar-refractivity contribution >= 4 is 73.7 Å². The first-order valence-corrected chi connectivity index (χ1v) is 11.5. The van der Waals surface area contributed by atoms with Crippen molar-refractivity contribution in [1.82, 2.24) is 14.9 Å². The Kier molecular flexibility index (Phi) is 5.86. The zero-order chi connectivity index (χ0) is 24.5. The summed E-state index contributed by atoms with van der Waals surface area (Å²) >= 11 is 4.65. The predicted octanol–water partition coefficient (Wildman–Crippen LogP) is 4.14. The highest BCUT2D eigenvalue weighted by atomic mass is 32.1. The minimum Gasteiger partial charge on any atom is -0.361 e. The molecule has 174 valence electrons. The molecule has 0 radical (unpaired) electrons. The molecule has 8 nitrogen and oxygen atoms in total. The lowest BCUT2D eigenvalue weighted by Gasteiger charge is -2.06. The molecule has 0 saturated carbocycles. The van der Waals surface area contributed by atoms with Crippen molar-refractivity contribution in [2.75, 3.05) is 11.9 Å². The number of isothiocyanates is 1. The number of hydrogen-bond donors (Lipinski definition) is 3. The molecule has 9 heteroatoms. The minimum atomic E-state index is -0.439. The van der Waals surface area contributed by atoms with Crippen LogP contribution in [-0.2, 0) is 20.9 Å². The molecule has 3 amide bonds. The molecule has 0 saturated heterocycles. The second kappa shape index (κ2) is 9.13. The number of aryl methyl sites for hydroxylation is 1. The maximum atomic E-state index is 13.1. The van der Waals surface area contributed by atoms with E-state index in [1.165, 1.54) is 6.92 Å². The van der Waals surface area contributed by atoms with Crippen LogP contribution in [0.2, 0.25) is 0 Å².